The molecule has 0 spiro atoms. The van der Waals surface area contributed by atoms with E-state index in [9.17, 15) is 5.11 Å². The van der Waals surface area contributed by atoms with E-state index in [4.69, 9.17) is 25.7 Å². The fourth-order valence-electron chi connectivity index (χ4n) is 4.44. The van der Waals surface area contributed by atoms with Crippen LogP contribution in [0, 0.1) is 12.3 Å². The second kappa shape index (κ2) is 19.8. The predicted octanol–water partition coefficient (Wildman–Crippen LogP) is 5.55. The maximum atomic E-state index is 9.79. The highest BCUT2D eigenvalue weighted by molar-refractivity contribution is 6.16. The van der Waals surface area contributed by atoms with E-state index in [0.29, 0.717) is 42.4 Å². The van der Waals surface area contributed by atoms with E-state index in [1.807, 2.05) is 82.3 Å². The molecule has 238 valence electrons. The third-order valence-corrected chi connectivity index (χ3v) is 6.50. The summed E-state index contributed by atoms with van der Waals surface area (Å²) in [5.74, 6) is 2.17. The molecule has 10 nitrogen and oxygen atoms in total. The molecule has 44 heavy (non-hydrogen) atoms. The largest absolute Gasteiger partial charge is 0.498 e. The lowest BCUT2D eigenvalue weighted by Crippen LogP contribution is -2.46. The van der Waals surface area contributed by atoms with Crippen molar-refractivity contribution < 1.29 is 19.7 Å². The summed E-state index contributed by atoms with van der Waals surface area (Å²) in [6.07, 6.45) is 7.69. The molecule has 0 bridgehead atoms. The molecular weight excluding hydrogens is 556 g/mol. The summed E-state index contributed by atoms with van der Waals surface area (Å²) in [5.41, 5.74) is 8.69. The van der Waals surface area contributed by atoms with Crippen LogP contribution in [0.3, 0.4) is 0 Å². The average molecular weight is 605 g/mol. The molecule has 1 aliphatic rings. The van der Waals surface area contributed by atoms with Crippen molar-refractivity contribution in [1.29, 1.82) is 5.41 Å². The number of β-amino-alcohol motifs (C(OH)–C–C–N with tert-alkyl or cyclic N) is 1. The maximum Gasteiger partial charge on any atom is 0.141 e. The van der Waals surface area contributed by atoms with E-state index in [2.05, 4.69) is 26.8 Å². The van der Waals surface area contributed by atoms with Crippen molar-refractivity contribution >= 4 is 17.3 Å². The van der Waals surface area contributed by atoms with Crippen molar-refractivity contribution in [3.63, 3.8) is 0 Å². The zero-order valence-corrected chi connectivity index (χ0v) is 26.4. The summed E-state index contributed by atoms with van der Waals surface area (Å²) < 4.78 is 10.7. The van der Waals surface area contributed by atoms with Crippen LogP contribution in [0.5, 0.6) is 11.5 Å². The first kappa shape index (κ1) is 35.9. The van der Waals surface area contributed by atoms with Gasteiger partial charge in [0.2, 0.25) is 0 Å². The maximum absolute atomic E-state index is 9.79. The molecular formula is C34H48N6O4. The molecule has 2 atom stereocenters. The number of nitrogens with one attached hydrogen (secondary N) is 2. The zero-order valence-electron chi connectivity index (χ0n) is 26.4. The van der Waals surface area contributed by atoms with E-state index < -0.39 is 6.10 Å². The van der Waals surface area contributed by atoms with E-state index in [1.165, 1.54) is 6.33 Å². The van der Waals surface area contributed by atoms with Gasteiger partial charge in [0.05, 0.1) is 30.2 Å². The van der Waals surface area contributed by atoms with Crippen LogP contribution in [-0.2, 0) is 4.74 Å². The second-order valence-electron chi connectivity index (χ2n) is 9.97. The number of nitrogens with two attached hydrogens (primary N) is 1. The molecule has 4 rings (SSSR count). The number of likely N-dealkylation sites (tertiary alicyclic amines) is 1. The van der Waals surface area contributed by atoms with Gasteiger partial charge in [-0.25, -0.2) is 9.97 Å². The Hall–Kier alpha value is -4.25. The van der Waals surface area contributed by atoms with E-state index in [-0.39, 0.29) is 24.2 Å². The number of benzene rings is 2. The van der Waals surface area contributed by atoms with E-state index in [1.54, 1.807) is 12.3 Å². The minimum atomic E-state index is -0.759. The number of anilines is 2. The summed E-state index contributed by atoms with van der Waals surface area (Å²) in [5, 5.41) is 31.2. The number of aliphatic hydroxyl groups is 2. The Bertz CT molecular complexity index is 1300. The lowest BCUT2D eigenvalue weighted by Gasteiger charge is -2.34. The Labute approximate surface area is 261 Å². The Morgan fingerprint density at radius 2 is 1.82 bits per heavy atom. The SMILES string of the molecule is C=CCO/C=C/C.CC.Cc1ccc(Oc2ccc(C(=N)c3c(N)ncnc3NC3CCCN(CC(O)CO)C3)cc2)cc1. The molecule has 0 aliphatic carbocycles. The number of aromatic nitrogens is 2. The Kier molecular flexibility index (Phi) is 16.2. The van der Waals surface area contributed by atoms with Crippen LogP contribution < -0.4 is 15.8 Å². The van der Waals surface area contributed by atoms with Gasteiger partial charge in [0.25, 0.3) is 0 Å². The van der Waals surface area contributed by atoms with Gasteiger partial charge in [-0.15, -0.1) is 0 Å². The number of nitrogens with zero attached hydrogens (tertiary/aromatic N) is 3. The Morgan fingerprint density at radius 1 is 1.16 bits per heavy atom. The number of aryl methyl sites for hydroxylation is 1. The third kappa shape index (κ3) is 11.8. The molecule has 2 unspecified atom stereocenters. The van der Waals surface area contributed by atoms with Crippen molar-refractivity contribution in [3.05, 3.63) is 96.5 Å². The monoisotopic (exact) mass is 604 g/mol. The molecule has 3 aromatic rings. The lowest BCUT2D eigenvalue weighted by atomic mass is 10.0. The first-order chi connectivity index (χ1) is 21.3. The molecule has 0 amide bonds. The second-order valence-corrected chi connectivity index (χ2v) is 9.97. The molecule has 1 saturated heterocycles. The van der Waals surface area contributed by atoms with Crippen LogP contribution in [0.25, 0.3) is 0 Å². The first-order valence-corrected chi connectivity index (χ1v) is 15.0. The normalized spacial score (nSPS) is 15.2. The van der Waals surface area contributed by atoms with Crippen molar-refractivity contribution in [1.82, 2.24) is 14.9 Å². The molecule has 0 saturated carbocycles. The Balaban J connectivity index is 0.000000661. The Morgan fingerprint density at radius 3 is 2.43 bits per heavy atom. The van der Waals surface area contributed by atoms with Gasteiger partial charge in [-0.05, 0) is 69.6 Å². The van der Waals surface area contributed by atoms with E-state index >= 15 is 0 Å². The van der Waals surface area contributed by atoms with Gasteiger partial charge < -0.3 is 30.7 Å². The predicted molar refractivity (Wildman–Crippen MR) is 179 cm³/mol. The van der Waals surface area contributed by atoms with Crippen LogP contribution in [0.1, 0.15) is 50.3 Å². The first-order valence-electron chi connectivity index (χ1n) is 15.0. The number of hydrogen-bond acceptors (Lipinski definition) is 10. The summed E-state index contributed by atoms with van der Waals surface area (Å²) in [6, 6.07) is 15.2. The number of hydrogen-bond donors (Lipinski definition) is 5. The van der Waals surface area contributed by atoms with Crippen LogP contribution >= 0.6 is 0 Å². The summed E-state index contributed by atoms with van der Waals surface area (Å²) in [4.78, 5) is 10.6. The number of nitrogen functional groups attached to an aromatic ring is 1. The fourth-order valence-corrected chi connectivity index (χ4v) is 4.44. The van der Waals surface area contributed by atoms with Gasteiger partial charge in [-0.2, -0.15) is 0 Å². The molecule has 1 aliphatic heterocycles. The molecule has 0 radical (unpaired) electrons. The fraction of sp³-hybridized carbons (Fsp3) is 0.382. The number of ether oxygens (including phenoxy) is 2. The van der Waals surface area contributed by atoms with Crippen LogP contribution in [0.15, 0.2) is 79.9 Å². The standard InChI is InChI=1S/C26H32N6O3.C6H10O.C2H6/c1-17-4-8-21(9-5-17)35-22-10-6-18(7-11-22)24(27)23-25(28)29-16-30-26(23)31-19-3-2-12-32(13-19)14-20(34)15-33;1-3-5-7-6-4-2;1-2/h4-11,16,19-20,27,33-34H,2-3,12-15H2,1H3,(H3,28,29,30,31);3-4,6H,1,5H2,2H3;1-2H3/b;6-4+;. The number of aliphatic hydroxyl groups excluding tert-OH is 2. The molecule has 1 fully saturated rings. The molecule has 6 N–H and O–H groups in total. The van der Waals surface area contributed by atoms with E-state index in [0.717, 1.165) is 30.7 Å². The minimum absolute atomic E-state index is 0.0702. The zero-order chi connectivity index (χ0) is 32.3. The summed E-state index contributed by atoms with van der Waals surface area (Å²) in [6.45, 7) is 13.7. The highest BCUT2D eigenvalue weighted by Gasteiger charge is 2.24. The smallest absolute Gasteiger partial charge is 0.141 e. The summed E-state index contributed by atoms with van der Waals surface area (Å²) in [7, 11) is 0. The van der Waals surface area contributed by atoms with Gasteiger partial charge in [-0.1, -0.05) is 50.3 Å². The molecule has 1 aromatic heterocycles. The molecule has 2 aromatic carbocycles. The topological polar surface area (TPSA) is 150 Å². The van der Waals surface area contributed by atoms with Gasteiger partial charge in [0, 0.05) is 24.7 Å². The highest BCUT2D eigenvalue weighted by Crippen LogP contribution is 2.26. The van der Waals surface area contributed by atoms with Gasteiger partial charge in [0.15, 0.2) is 0 Å². The summed E-state index contributed by atoms with van der Waals surface area (Å²) >= 11 is 0. The third-order valence-electron chi connectivity index (χ3n) is 6.50. The van der Waals surface area contributed by atoms with Gasteiger partial charge in [-0.3, -0.25) is 10.3 Å². The van der Waals surface area contributed by atoms with Crippen molar-refractivity contribution in [2.45, 2.75) is 52.7 Å². The van der Waals surface area contributed by atoms with Crippen LogP contribution in [-0.4, -0.2) is 75.8 Å². The number of piperidine rings is 1. The van der Waals surface area contributed by atoms with Crippen molar-refractivity contribution in [2.75, 3.05) is 43.9 Å². The van der Waals surface area contributed by atoms with Crippen LogP contribution in [0.2, 0.25) is 0 Å². The lowest BCUT2D eigenvalue weighted by molar-refractivity contribution is 0.0517. The minimum Gasteiger partial charge on any atom is -0.498 e. The quantitative estimate of drug-likeness (QED) is 0.0776. The van der Waals surface area contributed by atoms with Gasteiger partial charge in [0.1, 0.15) is 36.1 Å². The number of rotatable bonds is 12. The average Bonchev–Trinajstić information content (AvgIpc) is 3.04. The van der Waals surface area contributed by atoms with Crippen molar-refractivity contribution in [2.24, 2.45) is 0 Å². The van der Waals surface area contributed by atoms with Crippen molar-refractivity contribution in [3.8, 4) is 11.5 Å². The van der Waals surface area contributed by atoms with Gasteiger partial charge >= 0.3 is 0 Å². The number of allylic oxidation sites excluding steroid dienone is 1. The molecule has 2 heterocycles. The van der Waals surface area contributed by atoms with Crippen LogP contribution in [0.4, 0.5) is 11.6 Å². The highest BCUT2D eigenvalue weighted by atomic mass is 16.5. The molecule has 10 heteroatoms.